The molecule has 5 nitrogen and oxygen atoms in total. The summed E-state index contributed by atoms with van der Waals surface area (Å²) in [7, 11) is 0. The molecule has 0 aliphatic heterocycles. The number of nitrogens with two attached hydrogens (primary N) is 1. The summed E-state index contributed by atoms with van der Waals surface area (Å²) in [6, 6.07) is 3.51. The van der Waals surface area contributed by atoms with Crippen LogP contribution in [0.4, 0.5) is 0 Å². The minimum atomic E-state index is -0.198. The van der Waals surface area contributed by atoms with Crippen molar-refractivity contribution < 1.29 is 4.52 Å². The van der Waals surface area contributed by atoms with Gasteiger partial charge in [0.2, 0.25) is 11.7 Å². The Bertz CT molecular complexity index is 482. The van der Waals surface area contributed by atoms with Gasteiger partial charge >= 0.3 is 0 Å². The second-order valence-corrected chi connectivity index (χ2v) is 4.63. The van der Waals surface area contributed by atoms with E-state index in [-0.39, 0.29) is 6.04 Å². The van der Waals surface area contributed by atoms with E-state index in [0.29, 0.717) is 17.4 Å². The molecule has 2 heterocycles. The van der Waals surface area contributed by atoms with Crippen LogP contribution in [0.1, 0.15) is 31.7 Å². The van der Waals surface area contributed by atoms with Crippen LogP contribution in [0.3, 0.4) is 0 Å². The van der Waals surface area contributed by atoms with Gasteiger partial charge in [0.25, 0.3) is 0 Å². The molecule has 0 fully saturated rings. The van der Waals surface area contributed by atoms with E-state index in [0.717, 1.165) is 17.3 Å². The third-order valence-corrected chi connectivity index (χ3v) is 2.78. The fraction of sp³-hybridized carbons (Fsp3) is 0.364. The maximum atomic E-state index is 5.90. The first-order chi connectivity index (χ1) is 8.20. The Morgan fingerprint density at radius 2 is 2.29 bits per heavy atom. The Morgan fingerprint density at radius 1 is 1.47 bits per heavy atom. The zero-order chi connectivity index (χ0) is 12.3. The standard InChI is InChI=1S/C11H13BrN4O/c1-2-3-8(13)11-15-10(16-17-11)9-5-4-7(12)6-14-9/h4-6,8H,2-3,13H2,1H3. The summed E-state index contributed by atoms with van der Waals surface area (Å²) >= 11 is 3.32. The molecule has 2 aromatic heterocycles. The SMILES string of the molecule is CCCC(N)c1nc(-c2ccc(Br)cn2)no1. The van der Waals surface area contributed by atoms with Gasteiger partial charge in [-0.2, -0.15) is 4.98 Å². The van der Waals surface area contributed by atoms with Gasteiger partial charge in [-0.15, -0.1) is 0 Å². The van der Waals surface area contributed by atoms with Gasteiger partial charge in [-0.05, 0) is 34.5 Å². The van der Waals surface area contributed by atoms with Gasteiger partial charge in [0.1, 0.15) is 5.69 Å². The lowest BCUT2D eigenvalue weighted by Crippen LogP contribution is -2.09. The number of pyridine rings is 1. The number of hydrogen-bond donors (Lipinski definition) is 1. The molecule has 0 bridgehead atoms. The van der Waals surface area contributed by atoms with Crippen molar-refractivity contribution in [3.05, 3.63) is 28.7 Å². The lowest BCUT2D eigenvalue weighted by atomic mass is 10.2. The topological polar surface area (TPSA) is 77.8 Å². The quantitative estimate of drug-likeness (QED) is 0.938. The van der Waals surface area contributed by atoms with Crippen LogP contribution in [0.2, 0.25) is 0 Å². The molecule has 17 heavy (non-hydrogen) atoms. The van der Waals surface area contributed by atoms with Crippen LogP contribution >= 0.6 is 15.9 Å². The third-order valence-electron chi connectivity index (χ3n) is 2.32. The van der Waals surface area contributed by atoms with Gasteiger partial charge < -0.3 is 10.3 Å². The Balaban J connectivity index is 2.20. The van der Waals surface area contributed by atoms with Crippen molar-refractivity contribution in [1.29, 1.82) is 0 Å². The molecular formula is C11H13BrN4O. The molecule has 0 aliphatic rings. The number of nitrogens with zero attached hydrogens (tertiary/aromatic N) is 3. The molecule has 90 valence electrons. The van der Waals surface area contributed by atoms with Crippen molar-refractivity contribution in [3.8, 4) is 11.5 Å². The van der Waals surface area contributed by atoms with E-state index in [1.54, 1.807) is 6.20 Å². The van der Waals surface area contributed by atoms with E-state index in [4.69, 9.17) is 10.3 Å². The number of hydrogen-bond acceptors (Lipinski definition) is 5. The van der Waals surface area contributed by atoms with E-state index in [9.17, 15) is 0 Å². The molecule has 0 saturated heterocycles. The fourth-order valence-electron chi connectivity index (χ4n) is 1.43. The zero-order valence-electron chi connectivity index (χ0n) is 9.43. The average Bonchev–Trinajstić information content (AvgIpc) is 2.80. The van der Waals surface area contributed by atoms with Crippen molar-refractivity contribution in [2.75, 3.05) is 0 Å². The first-order valence-electron chi connectivity index (χ1n) is 5.42. The van der Waals surface area contributed by atoms with Crippen LogP contribution in [-0.2, 0) is 0 Å². The Kier molecular flexibility index (Phi) is 3.86. The van der Waals surface area contributed by atoms with E-state index < -0.39 is 0 Å². The normalized spacial score (nSPS) is 12.6. The average molecular weight is 297 g/mol. The molecule has 0 spiro atoms. The van der Waals surface area contributed by atoms with Gasteiger partial charge in [0.15, 0.2) is 0 Å². The summed E-state index contributed by atoms with van der Waals surface area (Å²) in [6.07, 6.45) is 3.50. The smallest absolute Gasteiger partial charge is 0.243 e. The van der Waals surface area contributed by atoms with Crippen LogP contribution in [0.25, 0.3) is 11.5 Å². The van der Waals surface area contributed by atoms with Crippen LogP contribution < -0.4 is 5.73 Å². The molecule has 1 atom stereocenters. The molecule has 2 aromatic rings. The van der Waals surface area contributed by atoms with Crippen molar-refractivity contribution in [2.24, 2.45) is 5.73 Å². The summed E-state index contributed by atoms with van der Waals surface area (Å²) in [6.45, 7) is 2.06. The highest BCUT2D eigenvalue weighted by molar-refractivity contribution is 9.10. The number of rotatable bonds is 4. The Morgan fingerprint density at radius 3 is 2.94 bits per heavy atom. The van der Waals surface area contributed by atoms with Gasteiger partial charge in [0.05, 0.1) is 6.04 Å². The highest BCUT2D eigenvalue weighted by Crippen LogP contribution is 2.19. The Labute approximate surface area is 108 Å². The van der Waals surface area contributed by atoms with Gasteiger partial charge in [-0.1, -0.05) is 18.5 Å². The summed E-state index contributed by atoms with van der Waals surface area (Å²) < 4.78 is 6.04. The van der Waals surface area contributed by atoms with Crippen molar-refractivity contribution in [2.45, 2.75) is 25.8 Å². The second kappa shape index (κ2) is 5.37. The predicted molar refractivity (Wildman–Crippen MR) is 67.1 cm³/mol. The molecule has 2 N–H and O–H groups in total. The van der Waals surface area contributed by atoms with Gasteiger partial charge in [0, 0.05) is 10.7 Å². The number of aromatic nitrogens is 3. The molecular weight excluding hydrogens is 284 g/mol. The highest BCUT2D eigenvalue weighted by Gasteiger charge is 2.15. The van der Waals surface area contributed by atoms with E-state index in [2.05, 4.69) is 38.0 Å². The summed E-state index contributed by atoms with van der Waals surface area (Å²) in [4.78, 5) is 8.44. The van der Waals surface area contributed by atoms with Crippen molar-refractivity contribution in [3.63, 3.8) is 0 Å². The lowest BCUT2D eigenvalue weighted by molar-refractivity contribution is 0.348. The van der Waals surface area contributed by atoms with Crippen molar-refractivity contribution >= 4 is 15.9 Å². The van der Waals surface area contributed by atoms with Gasteiger partial charge in [-0.25, -0.2) is 0 Å². The highest BCUT2D eigenvalue weighted by atomic mass is 79.9. The van der Waals surface area contributed by atoms with Gasteiger partial charge in [-0.3, -0.25) is 4.98 Å². The van der Waals surface area contributed by atoms with E-state index in [1.807, 2.05) is 12.1 Å². The predicted octanol–water partition coefficient (Wildman–Crippen LogP) is 2.69. The maximum absolute atomic E-state index is 5.90. The molecule has 0 aliphatic carbocycles. The first-order valence-corrected chi connectivity index (χ1v) is 6.21. The monoisotopic (exact) mass is 296 g/mol. The molecule has 6 heteroatoms. The molecule has 0 saturated carbocycles. The van der Waals surface area contributed by atoms with E-state index in [1.165, 1.54) is 0 Å². The molecule has 0 radical (unpaired) electrons. The zero-order valence-corrected chi connectivity index (χ0v) is 11.0. The fourth-order valence-corrected chi connectivity index (χ4v) is 1.67. The van der Waals surface area contributed by atoms with Crippen LogP contribution in [0.5, 0.6) is 0 Å². The number of halogens is 1. The molecule has 0 aromatic carbocycles. The summed E-state index contributed by atoms with van der Waals surface area (Å²) in [5.74, 6) is 0.936. The second-order valence-electron chi connectivity index (χ2n) is 3.71. The minimum Gasteiger partial charge on any atom is -0.337 e. The van der Waals surface area contributed by atoms with E-state index >= 15 is 0 Å². The lowest BCUT2D eigenvalue weighted by Gasteiger charge is -2.02. The summed E-state index contributed by atoms with van der Waals surface area (Å²) in [5.41, 5.74) is 6.57. The van der Waals surface area contributed by atoms with Crippen molar-refractivity contribution in [1.82, 2.24) is 15.1 Å². The Hall–Kier alpha value is -1.27. The summed E-state index contributed by atoms with van der Waals surface area (Å²) in [5, 5.41) is 3.88. The first kappa shape index (κ1) is 12.2. The van der Waals surface area contributed by atoms with Crippen LogP contribution in [0.15, 0.2) is 27.3 Å². The molecule has 1 unspecified atom stereocenters. The molecule has 2 rings (SSSR count). The molecule has 0 amide bonds. The van der Waals surface area contributed by atoms with Crippen LogP contribution in [-0.4, -0.2) is 15.1 Å². The third kappa shape index (κ3) is 2.89. The largest absolute Gasteiger partial charge is 0.337 e. The van der Waals surface area contributed by atoms with Crippen LogP contribution in [0, 0.1) is 0 Å². The minimum absolute atomic E-state index is 0.198. The maximum Gasteiger partial charge on any atom is 0.243 e.